The molecular weight excluding hydrogens is 278 g/mol. The lowest BCUT2D eigenvalue weighted by molar-refractivity contribution is 0.0866. The van der Waals surface area contributed by atoms with E-state index in [1.165, 1.54) is 15.7 Å². The summed E-state index contributed by atoms with van der Waals surface area (Å²) in [5.41, 5.74) is -0.643. The number of thiazole rings is 1. The number of rotatable bonds is 4. The summed E-state index contributed by atoms with van der Waals surface area (Å²) in [4.78, 5) is 29.6. The number of nitrogens with one attached hydrogen (secondary N) is 1. The third-order valence-electron chi connectivity index (χ3n) is 2.95. The van der Waals surface area contributed by atoms with Gasteiger partial charge in [-0.1, -0.05) is 6.92 Å². The lowest BCUT2D eigenvalue weighted by Gasteiger charge is -2.23. The number of carbonyl (C=O) groups is 1. The van der Waals surface area contributed by atoms with Gasteiger partial charge in [0.2, 0.25) is 0 Å². The molecule has 0 unspecified atom stereocenters. The van der Waals surface area contributed by atoms with Crippen molar-refractivity contribution in [3.8, 4) is 0 Å². The van der Waals surface area contributed by atoms with Crippen LogP contribution in [-0.4, -0.2) is 32.5 Å². The first-order valence-corrected chi connectivity index (χ1v) is 7.19. The van der Waals surface area contributed by atoms with Crippen molar-refractivity contribution in [2.75, 3.05) is 6.61 Å². The second kappa shape index (κ2) is 5.34. The van der Waals surface area contributed by atoms with Gasteiger partial charge in [0.15, 0.2) is 4.96 Å². The van der Waals surface area contributed by atoms with Crippen molar-refractivity contribution in [2.24, 2.45) is 0 Å². The third-order valence-corrected chi connectivity index (χ3v) is 3.71. The highest BCUT2D eigenvalue weighted by atomic mass is 32.1. The van der Waals surface area contributed by atoms with E-state index >= 15 is 0 Å². The number of aliphatic hydroxyl groups is 1. The highest BCUT2D eigenvalue weighted by Gasteiger charge is 2.25. The van der Waals surface area contributed by atoms with E-state index < -0.39 is 11.4 Å². The summed E-state index contributed by atoms with van der Waals surface area (Å²) in [6.07, 6.45) is 2.09. The highest BCUT2D eigenvalue weighted by Crippen LogP contribution is 2.12. The molecule has 0 fully saturated rings. The van der Waals surface area contributed by atoms with Gasteiger partial charge in [-0.2, -0.15) is 0 Å². The zero-order valence-corrected chi connectivity index (χ0v) is 12.5. The van der Waals surface area contributed by atoms with Crippen LogP contribution in [0.15, 0.2) is 16.4 Å². The van der Waals surface area contributed by atoms with Gasteiger partial charge in [-0.3, -0.25) is 14.0 Å². The topological polar surface area (TPSA) is 83.7 Å². The molecule has 7 heteroatoms. The van der Waals surface area contributed by atoms with Gasteiger partial charge < -0.3 is 10.4 Å². The first-order chi connectivity index (χ1) is 9.39. The van der Waals surface area contributed by atoms with Gasteiger partial charge in [0, 0.05) is 11.6 Å². The predicted molar refractivity (Wildman–Crippen MR) is 77.3 cm³/mol. The Bertz CT molecular complexity index is 702. The maximum Gasteiger partial charge on any atom is 0.271 e. The van der Waals surface area contributed by atoms with E-state index in [9.17, 15) is 14.7 Å². The van der Waals surface area contributed by atoms with Crippen molar-refractivity contribution in [2.45, 2.75) is 32.7 Å². The average molecular weight is 295 g/mol. The molecular formula is C13H17N3O3S. The number of nitrogens with zero attached hydrogens (tertiary/aromatic N) is 2. The molecule has 2 rings (SSSR count). The quantitative estimate of drug-likeness (QED) is 0.874. The molecule has 0 aliphatic heterocycles. The van der Waals surface area contributed by atoms with Crippen LogP contribution in [0.3, 0.4) is 0 Å². The Morgan fingerprint density at radius 1 is 1.55 bits per heavy atom. The predicted octanol–water partition coefficient (Wildman–Crippen LogP) is 0.819. The van der Waals surface area contributed by atoms with Crippen LogP contribution in [0.1, 0.15) is 36.8 Å². The van der Waals surface area contributed by atoms with E-state index in [-0.39, 0.29) is 17.7 Å². The minimum Gasteiger partial charge on any atom is -0.394 e. The van der Waals surface area contributed by atoms with E-state index in [1.807, 2.05) is 6.92 Å². The normalized spacial score (nSPS) is 11.8. The maximum absolute atomic E-state index is 12.4. The van der Waals surface area contributed by atoms with Crippen molar-refractivity contribution in [1.82, 2.24) is 14.7 Å². The van der Waals surface area contributed by atoms with Gasteiger partial charge in [-0.05, 0) is 20.3 Å². The third kappa shape index (κ3) is 2.59. The maximum atomic E-state index is 12.4. The molecule has 0 aromatic carbocycles. The number of carbonyl (C=O) groups excluding carboxylic acids is 1. The standard InChI is InChI=1S/C13H17N3O3S/c1-4-8-9(10(18)15-13(2,3)7-17)11(19)16-5-6-20-12(16)14-8/h5-6,17H,4,7H2,1-3H3,(H,15,18). The van der Waals surface area contributed by atoms with Crippen LogP contribution >= 0.6 is 11.3 Å². The second-order valence-corrected chi connectivity index (χ2v) is 6.02. The molecule has 0 aliphatic rings. The van der Waals surface area contributed by atoms with Crippen molar-refractivity contribution in [3.63, 3.8) is 0 Å². The fourth-order valence-corrected chi connectivity index (χ4v) is 2.54. The number of fused-ring (bicyclic) bond motifs is 1. The molecule has 2 aromatic heterocycles. The molecule has 0 saturated carbocycles. The Morgan fingerprint density at radius 3 is 2.85 bits per heavy atom. The molecule has 2 N–H and O–H groups in total. The Hall–Kier alpha value is -1.73. The number of aryl methyl sites for hydroxylation is 1. The van der Waals surface area contributed by atoms with E-state index in [4.69, 9.17) is 0 Å². The van der Waals surface area contributed by atoms with Crippen LogP contribution in [0.5, 0.6) is 0 Å². The molecule has 108 valence electrons. The van der Waals surface area contributed by atoms with Gasteiger partial charge in [0.05, 0.1) is 17.8 Å². The molecule has 0 radical (unpaired) electrons. The van der Waals surface area contributed by atoms with Crippen molar-refractivity contribution in [1.29, 1.82) is 0 Å². The molecule has 20 heavy (non-hydrogen) atoms. The largest absolute Gasteiger partial charge is 0.394 e. The summed E-state index contributed by atoms with van der Waals surface area (Å²) in [6.45, 7) is 5.00. The average Bonchev–Trinajstić information content (AvgIpc) is 2.86. The molecule has 6 nitrogen and oxygen atoms in total. The van der Waals surface area contributed by atoms with E-state index in [0.29, 0.717) is 17.1 Å². The zero-order chi connectivity index (χ0) is 14.9. The van der Waals surface area contributed by atoms with Crippen LogP contribution < -0.4 is 10.9 Å². The number of amides is 1. The van der Waals surface area contributed by atoms with E-state index in [0.717, 1.165) is 0 Å². The fraction of sp³-hybridized carbons (Fsp3) is 0.462. The monoisotopic (exact) mass is 295 g/mol. The van der Waals surface area contributed by atoms with Crippen molar-refractivity contribution < 1.29 is 9.90 Å². The van der Waals surface area contributed by atoms with Crippen LogP contribution in [0.25, 0.3) is 4.96 Å². The number of aromatic nitrogens is 2. The zero-order valence-electron chi connectivity index (χ0n) is 11.6. The molecule has 0 spiro atoms. The van der Waals surface area contributed by atoms with E-state index in [2.05, 4.69) is 10.3 Å². The minimum atomic E-state index is -0.789. The molecule has 2 aromatic rings. The first-order valence-electron chi connectivity index (χ1n) is 6.31. The molecule has 0 bridgehead atoms. The smallest absolute Gasteiger partial charge is 0.271 e. The minimum absolute atomic E-state index is 0.0462. The van der Waals surface area contributed by atoms with Crippen molar-refractivity contribution >= 4 is 22.2 Å². The summed E-state index contributed by atoms with van der Waals surface area (Å²) in [5.74, 6) is -0.501. The van der Waals surface area contributed by atoms with Crippen LogP contribution in [0, 0.1) is 0 Å². The van der Waals surface area contributed by atoms with E-state index in [1.54, 1.807) is 25.4 Å². The Kier molecular flexibility index (Phi) is 3.92. The van der Waals surface area contributed by atoms with Crippen LogP contribution in [0.4, 0.5) is 0 Å². The Labute approximate surface area is 120 Å². The SMILES string of the molecule is CCc1nc2sccn2c(=O)c1C(=O)NC(C)(C)CO. The molecule has 1 amide bonds. The summed E-state index contributed by atoms with van der Waals surface area (Å²) >= 11 is 1.35. The Balaban J connectivity index is 2.55. The summed E-state index contributed by atoms with van der Waals surface area (Å²) in [5, 5.41) is 13.6. The summed E-state index contributed by atoms with van der Waals surface area (Å²) in [6, 6.07) is 0. The molecule has 0 atom stereocenters. The second-order valence-electron chi connectivity index (χ2n) is 5.14. The molecule has 0 saturated heterocycles. The lowest BCUT2D eigenvalue weighted by Crippen LogP contribution is -2.48. The number of hydrogen-bond donors (Lipinski definition) is 2. The van der Waals surface area contributed by atoms with Crippen LogP contribution in [-0.2, 0) is 6.42 Å². The van der Waals surface area contributed by atoms with Gasteiger partial charge in [0.1, 0.15) is 5.56 Å². The molecule has 0 aliphatic carbocycles. The van der Waals surface area contributed by atoms with Gasteiger partial charge in [-0.15, -0.1) is 11.3 Å². The highest BCUT2D eigenvalue weighted by molar-refractivity contribution is 7.15. The summed E-state index contributed by atoms with van der Waals surface area (Å²) in [7, 11) is 0. The van der Waals surface area contributed by atoms with Gasteiger partial charge >= 0.3 is 0 Å². The number of aliphatic hydroxyl groups excluding tert-OH is 1. The number of hydrogen-bond acceptors (Lipinski definition) is 5. The van der Waals surface area contributed by atoms with Gasteiger partial charge in [-0.25, -0.2) is 4.98 Å². The van der Waals surface area contributed by atoms with Gasteiger partial charge in [0.25, 0.3) is 11.5 Å². The van der Waals surface area contributed by atoms with Crippen LogP contribution in [0.2, 0.25) is 0 Å². The Morgan fingerprint density at radius 2 is 2.25 bits per heavy atom. The first kappa shape index (κ1) is 14.7. The fourth-order valence-electron chi connectivity index (χ4n) is 1.82. The summed E-state index contributed by atoms with van der Waals surface area (Å²) < 4.78 is 1.37. The van der Waals surface area contributed by atoms with Crippen molar-refractivity contribution in [3.05, 3.63) is 33.2 Å². The molecule has 2 heterocycles. The lowest BCUT2D eigenvalue weighted by atomic mass is 10.1.